The van der Waals surface area contributed by atoms with Crippen LogP contribution in [0.15, 0.2) is 24.4 Å². The molecule has 0 fully saturated rings. The molecular formula is C15H25N3O2. The van der Waals surface area contributed by atoms with E-state index in [9.17, 15) is 9.90 Å². The summed E-state index contributed by atoms with van der Waals surface area (Å²) in [5, 5.41) is 12.2. The van der Waals surface area contributed by atoms with E-state index in [2.05, 4.69) is 22.1 Å². The van der Waals surface area contributed by atoms with E-state index in [0.29, 0.717) is 6.42 Å². The maximum atomic E-state index is 11.3. The molecule has 0 amide bonds. The minimum atomic E-state index is -0.890. The summed E-state index contributed by atoms with van der Waals surface area (Å²) in [6.45, 7) is 4.63. The minimum Gasteiger partial charge on any atom is -0.480 e. The van der Waals surface area contributed by atoms with Gasteiger partial charge < -0.3 is 15.3 Å². The predicted molar refractivity (Wildman–Crippen MR) is 79.8 cm³/mol. The molecule has 5 nitrogen and oxygen atoms in total. The Morgan fingerprint density at radius 3 is 2.75 bits per heavy atom. The molecule has 5 heteroatoms. The van der Waals surface area contributed by atoms with Crippen molar-refractivity contribution in [2.75, 3.05) is 20.6 Å². The highest BCUT2D eigenvalue weighted by molar-refractivity contribution is 5.78. The van der Waals surface area contributed by atoms with Crippen molar-refractivity contribution in [3.63, 3.8) is 0 Å². The second-order valence-corrected chi connectivity index (χ2v) is 5.49. The monoisotopic (exact) mass is 279 g/mol. The average molecular weight is 279 g/mol. The van der Waals surface area contributed by atoms with Gasteiger partial charge in [0.05, 0.1) is 0 Å². The number of likely N-dealkylation sites (N-methyl/N-ethyl adjacent to an activating group) is 2. The highest BCUT2D eigenvalue weighted by Gasteiger charge is 2.33. The van der Waals surface area contributed by atoms with E-state index in [0.717, 1.165) is 18.7 Å². The molecule has 0 aliphatic carbocycles. The Hall–Kier alpha value is -1.46. The van der Waals surface area contributed by atoms with E-state index in [-0.39, 0.29) is 6.04 Å². The van der Waals surface area contributed by atoms with Crippen LogP contribution in [0.1, 0.15) is 26.0 Å². The Labute approximate surface area is 121 Å². The third-order valence-corrected chi connectivity index (χ3v) is 3.93. The Morgan fingerprint density at radius 2 is 2.25 bits per heavy atom. The summed E-state index contributed by atoms with van der Waals surface area (Å²) < 4.78 is 0. The third kappa shape index (κ3) is 4.58. The summed E-state index contributed by atoms with van der Waals surface area (Å²) in [6, 6.07) is 6.07. The fraction of sp³-hybridized carbons (Fsp3) is 0.600. The topological polar surface area (TPSA) is 65.5 Å². The maximum Gasteiger partial charge on any atom is 0.323 e. The molecule has 0 aliphatic rings. The van der Waals surface area contributed by atoms with E-state index >= 15 is 0 Å². The lowest BCUT2D eigenvalue weighted by molar-refractivity contribution is -0.144. The Morgan fingerprint density at radius 1 is 1.55 bits per heavy atom. The smallest absolute Gasteiger partial charge is 0.323 e. The van der Waals surface area contributed by atoms with Gasteiger partial charge in [-0.1, -0.05) is 6.07 Å². The summed E-state index contributed by atoms with van der Waals surface area (Å²) in [5.41, 5.74) is 0.166. The zero-order chi connectivity index (χ0) is 15.2. The lowest BCUT2D eigenvalue weighted by Gasteiger charge is -2.32. The number of aliphatic carboxylic acids is 1. The number of nitrogens with zero attached hydrogens (tertiary/aromatic N) is 2. The van der Waals surface area contributed by atoms with E-state index in [1.807, 2.05) is 25.2 Å². The molecule has 2 atom stereocenters. The van der Waals surface area contributed by atoms with Crippen LogP contribution in [0.4, 0.5) is 0 Å². The van der Waals surface area contributed by atoms with Crippen LogP contribution >= 0.6 is 0 Å². The number of nitrogens with one attached hydrogen (secondary N) is 1. The Balaban J connectivity index is 2.50. The van der Waals surface area contributed by atoms with Gasteiger partial charge in [-0.3, -0.25) is 9.78 Å². The largest absolute Gasteiger partial charge is 0.480 e. The van der Waals surface area contributed by atoms with Gasteiger partial charge in [0, 0.05) is 30.9 Å². The normalized spacial score (nSPS) is 15.8. The molecule has 1 rings (SSSR count). The van der Waals surface area contributed by atoms with E-state index in [1.165, 1.54) is 0 Å². The van der Waals surface area contributed by atoms with Crippen LogP contribution in [0, 0.1) is 0 Å². The number of hydrogen-bond acceptors (Lipinski definition) is 4. The zero-order valence-corrected chi connectivity index (χ0v) is 12.8. The molecular weight excluding hydrogens is 254 g/mol. The number of aromatic nitrogens is 1. The third-order valence-electron chi connectivity index (χ3n) is 3.93. The molecule has 1 heterocycles. The predicted octanol–water partition coefficient (Wildman–Crippen LogP) is 1.40. The molecule has 20 heavy (non-hydrogen) atoms. The first-order chi connectivity index (χ1) is 9.39. The van der Waals surface area contributed by atoms with Gasteiger partial charge in [0.2, 0.25) is 0 Å². The SMILES string of the molecule is CNC(C)(CC(C)N(C)CCc1ccccn1)C(=O)O. The molecule has 2 N–H and O–H groups in total. The van der Waals surface area contributed by atoms with Crippen molar-refractivity contribution in [1.82, 2.24) is 15.2 Å². The lowest BCUT2D eigenvalue weighted by Crippen LogP contribution is -2.51. The van der Waals surface area contributed by atoms with Crippen molar-refractivity contribution < 1.29 is 9.90 Å². The Kier molecular flexibility index (Phi) is 6.10. The number of carbonyl (C=O) groups is 1. The molecule has 1 aromatic rings. The average Bonchev–Trinajstić information content (AvgIpc) is 2.45. The first kappa shape index (κ1) is 16.6. The summed E-state index contributed by atoms with van der Waals surface area (Å²) in [4.78, 5) is 17.8. The second-order valence-electron chi connectivity index (χ2n) is 5.49. The maximum absolute atomic E-state index is 11.3. The minimum absolute atomic E-state index is 0.173. The number of pyridine rings is 1. The van der Waals surface area contributed by atoms with Crippen LogP contribution in [0.3, 0.4) is 0 Å². The van der Waals surface area contributed by atoms with Crippen molar-refractivity contribution in [1.29, 1.82) is 0 Å². The lowest BCUT2D eigenvalue weighted by atomic mass is 9.93. The molecule has 0 aliphatic heterocycles. The molecule has 0 radical (unpaired) electrons. The van der Waals surface area contributed by atoms with Crippen molar-refractivity contribution in [2.45, 2.75) is 38.3 Å². The van der Waals surface area contributed by atoms with E-state index in [4.69, 9.17) is 0 Å². The fourth-order valence-electron chi connectivity index (χ4n) is 2.10. The van der Waals surface area contributed by atoms with Crippen LogP contribution in [0.5, 0.6) is 0 Å². The molecule has 0 saturated heterocycles. The Bertz CT molecular complexity index is 424. The van der Waals surface area contributed by atoms with E-state index < -0.39 is 11.5 Å². The van der Waals surface area contributed by atoms with Gasteiger partial charge >= 0.3 is 5.97 Å². The van der Waals surface area contributed by atoms with E-state index in [1.54, 1.807) is 20.2 Å². The summed E-state index contributed by atoms with van der Waals surface area (Å²) in [5.74, 6) is -0.815. The summed E-state index contributed by atoms with van der Waals surface area (Å²) >= 11 is 0. The molecule has 0 saturated carbocycles. The highest BCUT2D eigenvalue weighted by Crippen LogP contribution is 2.16. The van der Waals surface area contributed by atoms with Gasteiger partial charge in [0.15, 0.2) is 0 Å². The molecule has 112 valence electrons. The quantitative estimate of drug-likeness (QED) is 0.753. The molecule has 1 aromatic heterocycles. The molecule has 0 spiro atoms. The number of carboxylic acids is 1. The highest BCUT2D eigenvalue weighted by atomic mass is 16.4. The number of hydrogen-bond donors (Lipinski definition) is 2. The van der Waals surface area contributed by atoms with Crippen molar-refractivity contribution in [2.24, 2.45) is 0 Å². The molecule has 0 bridgehead atoms. The van der Waals surface area contributed by atoms with Gasteiger partial charge in [0.25, 0.3) is 0 Å². The van der Waals surface area contributed by atoms with Gasteiger partial charge in [-0.25, -0.2) is 0 Å². The van der Waals surface area contributed by atoms with Crippen LogP contribution in [-0.4, -0.2) is 53.2 Å². The molecule has 0 aromatic carbocycles. The van der Waals surface area contributed by atoms with Gasteiger partial charge in [0.1, 0.15) is 5.54 Å². The van der Waals surface area contributed by atoms with Gasteiger partial charge in [-0.15, -0.1) is 0 Å². The van der Waals surface area contributed by atoms with Crippen molar-refractivity contribution >= 4 is 5.97 Å². The molecule has 2 unspecified atom stereocenters. The summed E-state index contributed by atoms with van der Waals surface area (Å²) in [7, 11) is 3.71. The number of carboxylic acid groups (broad SMARTS) is 1. The van der Waals surface area contributed by atoms with Gasteiger partial charge in [-0.2, -0.15) is 0 Å². The van der Waals surface area contributed by atoms with Crippen LogP contribution in [0.25, 0.3) is 0 Å². The van der Waals surface area contributed by atoms with Crippen LogP contribution < -0.4 is 5.32 Å². The zero-order valence-electron chi connectivity index (χ0n) is 12.8. The van der Waals surface area contributed by atoms with Gasteiger partial charge in [-0.05, 0) is 46.5 Å². The fourth-order valence-corrected chi connectivity index (χ4v) is 2.10. The standard InChI is InChI=1S/C15H25N3O2/c1-12(11-15(2,16-3)14(19)20)18(4)10-8-13-7-5-6-9-17-13/h5-7,9,12,16H,8,10-11H2,1-4H3,(H,19,20). The second kappa shape index (κ2) is 7.36. The first-order valence-electron chi connectivity index (χ1n) is 6.91. The first-order valence-corrected chi connectivity index (χ1v) is 6.91. The van der Waals surface area contributed by atoms with Crippen molar-refractivity contribution in [3.05, 3.63) is 30.1 Å². The number of rotatable bonds is 8. The van der Waals surface area contributed by atoms with Crippen LogP contribution in [0.2, 0.25) is 0 Å². The van der Waals surface area contributed by atoms with Crippen molar-refractivity contribution in [3.8, 4) is 0 Å². The van der Waals surface area contributed by atoms with Crippen LogP contribution in [-0.2, 0) is 11.2 Å². The summed E-state index contributed by atoms with van der Waals surface area (Å²) in [6.07, 6.45) is 3.21.